The molecule has 4 nitrogen and oxygen atoms in total. The second-order valence-corrected chi connectivity index (χ2v) is 7.59. The smallest absolute Gasteiger partial charge is 0.305 e. The molecule has 2 N–H and O–H groups in total. The van der Waals surface area contributed by atoms with Gasteiger partial charge < -0.3 is 15.2 Å². The number of rotatable bonds is 15. The van der Waals surface area contributed by atoms with Gasteiger partial charge in [-0.15, -0.1) is 0 Å². The molecule has 1 rings (SSSR count). The van der Waals surface area contributed by atoms with Crippen LogP contribution in [0.4, 0.5) is 0 Å². The minimum Gasteiger partial charge on any atom is -0.466 e. The Bertz CT molecular complexity index is 335. The van der Waals surface area contributed by atoms with Crippen molar-refractivity contribution in [2.75, 3.05) is 19.7 Å². The first-order valence-electron chi connectivity index (χ1n) is 10.7. The van der Waals surface area contributed by atoms with Crippen LogP contribution >= 0.6 is 0 Å². The first-order valence-corrected chi connectivity index (χ1v) is 10.7. The average Bonchev–Trinajstić information content (AvgIpc) is 2.94. The fourth-order valence-corrected chi connectivity index (χ4v) is 4.01. The SMILES string of the molecule is CCCCCCNC[C@H]1CC[C@@H](O)[C@@H]1CCCCCCC(=O)OCC. The highest BCUT2D eigenvalue weighted by Crippen LogP contribution is 2.35. The van der Waals surface area contributed by atoms with Crippen molar-refractivity contribution in [3.63, 3.8) is 0 Å². The van der Waals surface area contributed by atoms with E-state index in [9.17, 15) is 9.90 Å². The maximum atomic E-state index is 11.3. The highest BCUT2D eigenvalue weighted by molar-refractivity contribution is 5.69. The van der Waals surface area contributed by atoms with Crippen LogP contribution in [0.5, 0.6) is 0 Å². The minimum atomic E-state index is -0.105. The van der Waals surface area contributed by atoms with E-state index in [4.69, 9.17) is 4.74 Å². The lowest BCUT2D eigenvalue weighted by molar-refractivity contribution is -0.143. The lowest BCUT2D eigenvalue weighted by atomic mass is 9.89. The molecule has 0 heterocycles. The summed E-state index contributed by atoms with van der Waals surface area (Å²) < 4.78 is 4.95. The van der Waals surface area contributed by atoms with Gasteiger partial charge in [0.25, 0.3) is 0 Å². The Morgan fingerprint density at radius 2 is 1.80 bits per heavy atom. The van der Waals surface area contributed by atoms with Crippen LogP contribution in [0.15, 0.2) is 0 Å². The number of esters is 1. The second-order valence-electron chi connectivity index (χ2n) is 7.59. The molecule has 0 aromatic carbocycles. The maximum absolute atomic E-state index is 11.3. The molecule has 0 radical (unpaired) electrons. The molecule has 0 bridgehead atoms. The van der Waals surface area contributed by atoms with Crippen LogP contribution in [-0.4, -0.2) is 36.9 Å². The Labute approximate surface area is 155 Å². The first kappa shape index (κ1) is 22.4. The van der Waals surface area contributed by atoms with E-state index in [1.54, 1.807) is 0 Å². The number of carbonyl (C=O) groups excluding carboxylic acids is 1. The lowest BCUT2D eigenvalue weighted by Gasteiger charge is -2.22. The third-order valence-electron chi connectivity index (χ3n) is 5.52. The van der Waals surface area contributed by atoms with Gasteiger partial charge in [-0.1, -0.05) is 45.4 Å². The molecule has 0 amide bonds. The molecule has 0 aliphatic heterocycles. The van der Waals surface area contributed by atoms with E-state index in [-0.39, 0.29) is 12.1 Å². The average molecular weight is 356 g/mol. The van der Waals surface area contributed by atoms with Gasteiger partial charge in [-0.2, -0.15) is 0 Å². The van der Waals surface area contributed by atoms with Gasteiger partial charge in [-0.3, -0.25) is 4.79 Å². The number of aliphatic hydroxyl groups is 1. The van der Waals surface area contributed by atoms with Gasteiger partial charge in [-0.25, -0.2) is 0 Å². The van der Waals surface area contributed by atoms with Crippen molar-refractivity contribution in [3.8, 4) is 0 Å². The summed E-state index contributed by atoms with van der Waals surface area (Å²) in [6, 6.07) is 0. The van der Waals surface area contributed by atoms with Crippen LogP contribution < -0.4 is 5.32 Å². The molecule has 148 valence electrons. The summed E-state index contributed by atoms with van der Waals surface area (Å²) in [5.74, 6) is 1.03. The monoisotopic (exact) mass is 355 g/mol. The van der Waals surface area contributed by atoms with Crippen LogP contribution in [0, 0.1) is 11.8 Å². The standard InChI is InChI=1S/C21H41NO3/c1-3-5-6-11-16-22-17-18-14-15-20(23)19(18)12-9-7-8-10-13-21(24)25-4-2/h18-20,22-23H,3-17H2,1-2H3/t18-,19-,20-/m1/s1. The molecule has 1 saturated carbocycles. The molecule has 0 spiro atoms. The van der Waals surface area contributed by atoms with E-state index < -0.39 is 0 Å². The van der Waals surface area contributed by atoms with E-state index in [0.29, 0.717) is 24.9 Å². The normalized spacial score (nSPS) is 23.1. The molecular formula is C21H41NO3. The van der Waals surface area contributed by atoms with E-state index in [1.165, 1.54) is 25.7 Å². The topological polar surface area (TPSA) is 58.6 Å². The lowest BCUT2D eigenvalue weighted by Crippen LogP contribution is -2.29. The zero-order valence-corrected chi connectivity index (χ0v) is 16.6. The Balaban J connectivity index is 2.08. The summed E-state index contributed by atoms with van der Waals surface area (Å²) >= 11 is 0. The van der Waals surface area contributed by atoms with Crippen LogP contribution in [0.25, 0.3) is 0 Å². The number of nitrogens with one attached hydrogen (secondary N) is 1. The second kappa shape index (κ2) is 14.5. The highest BCUT2D eigenvalue weighted by atomic mass is 16.5. The van der Waals surface area contributed by atoms with Crippen LogP contribution in [0.3, 0.4) is 0 Å². The summed E-state index contributed by atoms with van der Waals surface area (Å²) in [7, 11) is 0. The Morgan fingerprint density at radius 3 is 2.56 bits per heavy atom. The predicted molar refractivity (Wildman–Crippen MR) is 104 cm³/mol. The number of hydrogen-bond acceptors (Lipinski definition) is 4. The Morgan fingerprint density at radius 1 is 1.04 bits per heavy atom. The summed E-state index contributed by atoms with van der Waals surface area (Å²) in [6.45, 7) is 6.76. The fourth-order valence-electron chi connectivity index (χ4n) is 4.01. The zero-order valence-electron chi connectivity index (χ0n) is 16.6. The van der Waals surface area contributed by atoms with E-state index in [2.05, 4.69) is 12.2 Å². The van der Waals surface area contributed by atoms with E-state index in [1.807, 2.05) is 6.92 Å². The van der Waals surface area contributed by atoms with Gasteiger partial charge in [-0.05, 0) is 64.0 Å². The number of hydrogen-bond donors (Lipinski definition) is 2. The van der Waals surface area contributed by atoms with Crippen molar-refractivity contribution in [1.82, 2.24) is 5.32 Å². The van der Waals surface area contributed by atoms with Crippen molar-refractivity contribution < 1.29 is 14.6 Å². The first-order chi connectivity index (χ1) is 12.2. The Hall–Kier alpha value is -0.610. The molecule has 3 atom stereocenters. The van der Waals surface area contributed by atoms with Gasteiger partial charge in [0.15, 0.2) is 0 Å². The van der Waals surface area contributed by atoms with Crippen molar-refractivity contribution in [3.05, 3.63) is 0 Å². The molecule has 1 aliphatic rings. The third-order valence-corrected chi connectivity index (χ3v) is 5.52. The van der Waals surface area contributed by atoms with Crippen LogP contribution in [0.2, 0.25) is 0 Å². The number of ether oxygens (including phenoxy) is 1. The van der Waals surface area contributed by atoms with Gasteiger partial charge in [0.1, 0.15) is 0 Å². The van der Waals surface area contributed by atoms with Crippen molar-refractivity contribution in [1.29, 1.82) is 0 Å². The molecular weight excluding hydrogens is 314 g/mol. The minimum absolute atomic E-state index is 0.0706. The van der Waals surface area contributed by atoms with Crippen molar-refractivity contribution in [2.24, 2.45) is 11.8 Å². The molecule has 0 aromatic heterocycles. The maximum Gasteiger partial charge on any atom is 0.305 e. The molecule has 4 heteroatoms. The highest BCUT2D eigenvalue weighted by Gasteiger charge is 2.33. The Kier molecular flexibility index (Phi) is 13.1. The molecule has 1 aliphatic carbocycles. The van der Waals surface area contributed by atoms with Gasteiger partial charge >= 0.3 is 5.97 Å². The van der Waals surface area contributed by atoms with Crippen molar-refractivity contribution >= 4 is 5.97 Å². The van der Waals surface area contributed by atoms with Crippen LogP contribution in [0.1, 0.15) is 90.9 Å². The van der Waals surface area contributed by atoms with Crippen molar-refractivity contribution in [2.45, 2.75) is 97.0 Å². The summed E-state index contributed by atoms with van der Waals surface area (Å²) in [5.41, 5.74) is 0. The van der Waals surface area contributed by atoms with Gasteiger partial charge in [0.2, 0.25) is 0 Å². The largest absolute Gasteiger partial charge is 0.466 e. The third kappa shape index (κ3) is 10.2. The molecule has 0 unspecified atom stereocenters. The van der Waals surface area contributed by atoms with Gasteiger partial charge in [0, 0.05) is 6.42 Å². The zero-order chi connectivity index (χ0) is 18.3. The van der Waals surface area contributed by atoms with Gasteiger partial charge in [0.05, 0.1) is 12.7 Å². The molecule has 1 fully saturated rings. The fraction of sp³-hybridized carbons (Fsp3) is 0.952. The predicted octanol–water partition coefficient (Wildman–Crippen LogP) is 4.45. The van der Waals surface area contributed by atoms with E-state index in [0.717, 1.165) is 58.0 Å². The van der Waals surface area contributed by atoms with E-state index >= 15 is 0 Å². The summed E-state index contributed by atoms with van der Waals surface area (Å²) in [4.78, 5) is 11.3. The molecule has 25 heavy (non-hydrogen) atoms. The molecule has 0 aromatic rings. The molecule has 0 saturated heterocycles. The number of carbonyl (C=O) groups is 1. The number of unbranched alkanes of at least 4 members (excludes halogenated alkanes) is 6. The summed E-state index contributed by atoms with van der Waals surface area (Å²) in [6.07, 6.45) is 13.2. The summed E-state index contributed by atoms with van der Waals surface area (Å²) in [5, 5.41) is 13.9. The van der Waals surface area contributed by atoms with Crippen LogP contribution in [-0.2, 0) is 9.53 Å². The quantitative estimate of drug-likeness (QED) is 0.337. The number of aliphatic hydroxyl groups excluding tert-OH is 1.